The van der Waals surface area contributed by atoms with Gasteiger partial charge in [0.25, 0.3) is 0 Å². The molecule has 1 aliphatic rings. The minimum Gasteiger partial charge on any atom is -0.457 e. The molecule has 0 spiro atoms. The fourth-order valence-corrected chi connectivity index (χ4v) is 2.85. The summed E-state index contributed by atoms with van der Waals surface area (Å²) in [6.07, 6.45) is 0.756. The lowest BCUT2D eigenvalue weighted by molar-refractivity contribution is -0.140. The first-order valence-corrected chi connectivity index (χ1v) is 7.94. The Morgan fingerprint density at radius 3 is 2.26 bits per heavy atom. The Kier molecular flexibility index (Phi) is 4.77. The topological polar surface area (TPSA) is 29.5 Å². The van der Waals surface area contributed by atoms with Gasteiger partial charge in [0.05, 0.1) is 5.57 Å². The standard InChI is InChI=1S/C20H21NO2/c1-16-19(20(22)23-15-18-10-6-3-7-11-18)12-13-21(16)14-17-8-4-2-5-9-17/h2-11H,12-15H2,1H3. The molecule has 0 saturated carbocycles. The highest BCUT2D eigenvalue weighted by atomic mass is 16.5. The minimum atomic E-state index is -0.193. The molecule has 1 heterocycles. The summed E-state index contributed by atoms with van der Waals surface area (Å²) in [7, 11) is 0. The Labute approximate surface area is 137 Å². The SMILES string of the molecule is CC1=C(C(=O)OCc2ccccc2)CCN1Cc1ccccc1. The molecule has 3 nitrogen and oxygen atoms in total. The second kappa shape index (κ2) is 7.14. The quantitative estimate of drug-likeness (QED) is 0.784. The molecule has 0 aromatic heterocycles. The van der Waals surface area contributed by atoms with Crippen molar-refractivity contribution >= 4 is 5.97 Å². The molecular formula is C20H21NO2. The lowest BCUT2D eigenvalue weighted by Crippen LogP contribution is -2.17. The van der Waals surface area contributed by atoms with Gasteiger partial charge in [-0.3, -0.25) is 0 Å². The highest BCUT2D eigenvalue weighted by Crippen LogP contribution is 2.25. The third-order valence-electron chi connectivity index (χ3n) is 4.22. The smallest absolute Gasteiger partial charge is 0.336 e. The molecule has 3 rings (SSSR count). The molecule has 3 heteroatoms. The molecule has 0 atom stereocenters. The average Bonchev–Trinajstić information content (AvgIpc) is 2.95. The molecule has 2 aromatic carbocycles. The van der Waals surface area contributed by atoms with Crippen LogP contribution in [0.5, 0.6) is 0 Å². The van der Waals surface area contributed by atoms with Crippen LogP contribution in [0.3, 0.4) is 0 Å². The van der Waals surface area contributed by atoms with E-state index in [9.17, 15) is 4.79 Å². The number of esters is 1. The maximum atomic E-state index is 12.3. The zero-order valence-corrected chi connectivity index (χ0v) is 13.4. The number of carbonyl (C=O) groups is 1. The van der Waals surface area contributed by atoms with Gasteiger partial charge in [0.1, 0.15) is 6.61 Å². The van der Waals surface area contributed by atoms with Crippen LogP contribution in [0.1, 0.15) is 24.5 Å². The summed E-state index contributed by atoms with van der Waals surface area (Å²) in [5, 5.41) is 0. The Morgan fingerprint density at radius 2 is 1.61 bits per heavy atom. The second-order valence-electron chi connectivity index (χ2n) is 5.78. The third-order valence-corrected chi connectivity index (χ3v) is 4.22. The van der Waals surface area contributed by atoms with Crippen molar-refractivity contribution in [1.29, 1.82) is 0 Å². The van der Waals surface area contributed by atoms with Gasteiger partial charge in [-0.1, -0.05) is 60.7 Å². The van der Waals surface area contributed by atoms with Crippen molar-refractivity contribution in [2.24, 2.45) is 0 Å². The lowest BCUT2D eigenvalue weighted by Gasteiger charge is -2.20. The zero-order valence-electron chi connectivity index (χ0n) is 13.4. The molecule has 0 unspecified atom stereocenters. The van der Waals surface area contributed by atoms with Gasteiger partial charge in [-0.25, -0.2) is 4.79 Å². The number of benzene rings is 2. The van der Waals surface area contributed by atoms with Crippen LogP contribution in [0, 0.1) is 0 Å². The van der Waals surface area contributed by atoms with Crippen LogP contribution in [0.15, 0.2) is 71.9 Å². The average molecular weight is 307 g/mol. The van der Waals surface area contributed by atoms with Crippen molar-refractivity contribution in [2.75, 3.05) is 6.54 Å². The van der Waals surface area contributed by atoms with E-state index in [4.69, 9.17) is 4.74 Å². The Morgan fingerprint density at radius 1 is 1.00 bits per heavy atom. The molecule has 0 N–H and O–H groups in total. The van der Waals surface area contributed by atoms with E-state index in [0.29, 0.717) is 6.61 Å². The second-order valence-corrected chi connectivity index (χ2v) is 5.78. The predicted octanol–water partition coefficient (Wildman–Crippen LogP) is 3.91. The van der Waals surface area contributed by atoms with Gasteiger partial charge in [-0.05, 0) is 24.5 Å². The van der Waals surface area contributed by atoms with Crippen LogP contribution >= 0.6 is 0 Å². The first kappa shape index (κ1) is 15.3. The maximum Gasteiger partial charge on any atom is 0.336 e. The maximum absolute atomic E-state index is 12.3. The van der Waals surface area contributed by atoms with E-state index in [2.05, 4.69) is 17.0 Å². The Balaban J connectivity index is 1.61. The number of ether oxygens (including phenoxy) is 1. The van der Waals surface area contributed by atoms with Crippen molar-refractivity contribution < 1.29 is 9.53 Å². The molecule has 0 saturated heterocycles. The summed E-state index contributed by atoms with van der Waals surface area (Å²) >= 11 is 0. The summed E-state index contributed by atoms with van der Waals surface area (Å²) in [6, 6.07) is 20.1. The first-order chi connectivity index (χ1) is 11.2. The monoisotopic (exact) mass is 307 g/mol. The molecule has 0 bridgehead atoms. The normalized spacial score (nSPS) is 14.2. The van der Waals surface area contributed by atoms with Gasteiger partial charge >= 0.3 is 5.97 Å². The third kappa shape index (κ3) is 3.81. The molecule has 1 aliphatic heterocycles. The number of hydrogen-bond acceptors (Lipinski definition) is 3. The number of allylic oxidation sites excluding steroid dienone is 1. The largest absolute Gasteiger partial charge is 0.457 e. The molecule has 0 aliphatic carbocycles. The van der Waals surface area contributed by atoms with Crippen molar-refractivity contribution in [3.8, 4) is 0 Å². The van der Waals surface area contributed by atoms with Crippen molar-refractivity contribution in [3.63, 3.8) is 0 Å². The summed E-state index contributed by atoms with van der Waals surface area (Å²) < 4.78 is 5.46. The number of carbonyl (C=O) groups excluding carboxylic acids is 1. The van der Waals surface area contributed by atoms with Gasteiger partial charge < -0.3 is 9.64 Å². The highest BCUT2D eigenvalue weighted by molar-refractivity contribution is 5.89. The molecule has 118 valence electrons. The van der Waals surface area contributed by atoms with E-state index in [0.717, 1.165) is 36.3 Å². The first-order valence-electron chi connectivity index (χ1n) is 7.94. The fraction of sp³-hybridized carbons (Fsp3) is 0.250. The van der Waals surface area contributed by atoms with Crippen molar-refractivity contribution in [2.45, 2.75) is 26.5 Å². The van der Waals surface area contributed by atoms with Crippen LogP contribution in [0.25, 0.3) is 0 Å². The Bertz CT molecular complexity index is 692. The summed E-state index contributed by atoms with van der Waals surface area (Å²) in [4.78, 5) is 14.6. The number of hydrogen-bond donors (Lipinski definition) is 0. The highest BCUT2D eigenvalue weighted by Gasteiger charge is 2.25. The van der Waals surface area contributed by atoms with Gasteiger partial charge in [0.15, 0.2) is 0 Å². The van der Waals surface area contributed by atoms with E-state index in [1.54, 1.807) is 0 Å². The van der Waals surface area contributed by atoms with Gasteiger partial charge in [-0.2, -0.15) is 0 Å². The predicted molar refractivity (Wildman–Crippen MR) is 90.4 cm³/mol. The van der Waals surface area contributed by atoms with Gasteiger partial charge in [0, 0.05) is 18.8 Å². The minimum absolute atomic E-state index is 0.193. The van der Waals surface area contributed by atoms with Gasteiger partial charge in [0.2, 0.25) is 0 Å². The molecular weight excluding hydrogens is 286 g/mol. The summed E-state index contributed by atoms with van der Waals surface area (Å²) in [5.74, 6) is -0.193. The van der Waals surface area contributed by atoms with Crippen LogP contribution in [0.2, 0.25) is 0 Å². The summed E-state index contributed by atoms with van der Waals surface area (Å²) in [5.41, 5.74) is 4.10. The fourth-order valence-electron chi connectivity index (χ4n) is 2.85. The van der Waals surface area contributed by atoms with E-state index < -0.39 is 0 Å². The van der Waals surface area contributed by atoms with E-state index >= 15 is 0 Å². The molecule has 0 fully saturated rings. The molecule has 0 radical (unpaired) electrons. The Hall–Kier alpha value is -2.55. The van der Waals surface area contributed by atoms with Crippen molar-refractivity contribution in [3.05, 3.63) is 83.1 Å². The van der Waals surface area contributed by atoms with Gasteiger partial charge in [-0.15, -0.1) is 0 Å². The van der Waals surface area contributed by atoms with Crippen LogP contribution < -0.4 is 0 Å². The lowest BCUT2D eigenvalue weighted by atomic mass is 10.2. The number of rotatable bonds is 5. The van der Waals surface area contributed by atoms with E-state index in [1.807, 2.05) is 55.5 Å². The van der Waals surface area contributed by atoms with E-state index in [1.165, 1.54) is 5.56 Å². The molecule has 23 heavy (non-hydrogen) atoms. The van der Waals surface area contributed by atoms with Crippen LogP contribution in [0.4, 0.5) is 0 Å². The van der Waals surface area contributed by atoms with Crippen LogP contribution in [-0.2, 0) is 22.7 Å². The van der Waals surface area contributed by atoms with Crippen molar-refractivity contribution in [1.82, 2.24) is 4.90 Å². The molecule has 2 aromatic rings. The van der Waals surface area contributed by atoms with E-state index in [-0.39, 0.29) is 5.97 Å². The number of nitrogens with zero attached hydrogens (tertiary/aromatic N) is 1. The van der Waals surface area contributed by atoms with Crippen LogP contribution in [-0.4, -0.2) is 17.4 Å². The zero-order chi connectivity index (χ0) is 16.1. The molecule has 0 amide bonds. The summed E-state index contributed by atoms with van der Waals surface area (Å²) in [6.45, 7) is 4.04.